The fourth-order valence-corrected chi connectivity index (χ4v) is 2.03. The first-order chi connectivity index (χ1) is 6.56. The lowest BCUT2D eigenvalue weighted by Crippen LogP contribution is -2.41. The van der Waals surface area contributed by atoms with Crippen LogP contribution < -0.4 is 0 Å². The van der Waals surface area contributed by atoms with Gasteiger partial charge in [-0.25, -0.2) is 0 Å². The third-order valence-electron chi connectivity index (χ3n) is 2.64. The summed E-state index contributed by atoms with van der Waals surface area (Å²) in [4.78, 5) is 10.9. The van der Waals surface area contributed by atoms with Crippen molar-refractivity contribution in [2.45, 2.75) is 58.2 Å². The van der Waals surface area contributed by atoms with Gasteiger partial charge in [-0.2, -0.15) is 0 Å². The first-order valence-corrected chi connectivity index (χ1v) is 5.37. The van der Waals surface area contributed by atoms with Crippen molar-refractivity contribution < 1.29 is 14.3 Å². The normalized spacial score (nSPS) is 32.6. The molecule has 0 aliphatic carbocycles. The van der Waals surface area contributed by atoms with Crippen LogP contribution in [0.1, 0.15) is 46.5 Å². The van der Waals surface area contributed by atoms with Crippen LogP contribution in [0.5, 0.6) is 0 Å². The summed E-state index contributed by atoms with van der Waals surface area (Å²) in [7, 11) is 0. The zero-order valence-corrected chi connectivity index (χ0v) is 9.34. The molecule has 0 aromatic carbocycles. The van der Waals surface area contributed by atoms with Crippen molar-refractivity contribution in [1.82, 2.24) is 0 Å². The monoisotopic (exact) mass is 200 g/mol. The van der Waals surface area contributed by atoms with Crippen molar-refractivity contribution in [1.29, 1.82) is 0 Å². The molecule has 0 amide bonds. The topological polar surface area (TPSA) is 35.5 Å². The van der Waals surface area contributed by atoms with Gasteiger partial charge in [-0.1, -0.05) is 13.3 Å². The fourth-order valence-electron chi connectivity index (χ4n) is 2.03. The first kappa shape index (κ1) is 11.5. The van der Waals surface area contributed by atoms with Gasteiger partial charge in [0.2, 0.25) is 0 Å². The maximum absolute atomic E-state index is 10.9. The van der Waals surface area contributed by atoms with Crippen molar-refractivity contribution >= 4 is 5.97 Å². The summed E-state index contributed by atoms with van der Waals surface area (Å²) in [5, 5.41) is 0. The predicted octanol–water partition coefficient (Wildman–Crippen LogP) is 2.29. The third kappa shape index (κ3) is 3.29. The minimum atomic E-state index is -0.302. The van der Waals surface area contributed by atoms with E-state index in [4.69, 9.17) is 9.47 Å². The Bertz CT molecular complexity index is 201. The van der Waals surface area contributed by atoms with Gasteiger partial charge in [-0.3, -0.25) is 4.79 Å². The second-order valence-electron chi connectivity index (χ2n) is 4.28. The van der Waals surface area contributed by atoms with Gasteiger partial charge >= 0.3 is 5.97 Å². The molecule has 1 unspecified atom stereocenters. The number of rotatable bonds is 3. The van der Waals surface area contributed by atoms with E-state index in [0.29, 0.717) is 6.61 Å². The summed E-state index contributed by atoms with van der Waals surface area (Å²) >= 11 is 0. The Morgan fingerprint density at radius 1 is 1.64 bits per heavy atom. The van der Waals surface area contributed by atoms with Gasteiger partial charge in [0.05, 0.1) is 12.7 Å². The molecule has 0 aromatic heterocycles. The van der Waals surface area contributed by atoms with Crippen molar-refractivity contribution in [3.8, 4) is 0 Å². The van der Waals surface area contributed by atoms with Crippen LogP contribution in [0.25, 0.3) is 0 Å². The number of hydrogen-bond donors (Lipinski definition) is 0. The van der Waals surface area contributed by atoms with Crippen LogP contribution in [0.15, 0.2) is 0 Å². The molecule has 0 spiro atoms. The van der Waals surface area contributed by atoms with E-state index in [1.807, 2.05) is 6.92 Å². The summed E-state index contributed by atoms with van der Waals surface area (Å²) in [5.41, 5.74) is -0.302. The standard InChI is InChI=1S/C11H20O3/c1-4-5-10-8-11(3,6-7-13-10)14-9(2)12/h10H,4-8H2,1-3H3/t10?,11-/m1/s1. The lowest BCUT2D eigenvalue weighted by atomic mass is 9.90. The Balaban J connectivity index is 2.48. The minimum Gasteiger partial charge on any atom is -0.459 e. The van der Waals surface area contributed by atoms with Crippen molar-refractivity contribution in [2.24, 2.45) is 0 Å². The molecule has 0 aromatic rings. The van der Waals surface area contributed by atoms with Crippen LogP contribution in [-0.4, -0.2) is 24.3 Å². The highest BCUT2D eigenvalue weighted by Crippen LogP contribution is 2.30. The Morgan fingerprint density at radius 3 is 2.93 bits per heavy atom. The molecule has 14 heavy (non-hydrogen) atoms. The summed E-state index contributed by atoms with van der Waals surface area (Å²) in [5.74, 6) is -0.190. The van der Waals surface area contributed by atoms with E-state index in [2.05, 4.69) is 6.92 Å². The molecule has 1 saturated heterocycles. The van der Waals surface area contributed by atoms with Gasteiger partial charge in [0.15, 0.2) is 0 Å². The summed E-state index contributed by atoms with van der Waals surface area (Å²) in [6.45, 7) is 6.31. The van der Waals surface area contributed by atoms with E-state index >= 15 is 0 Å². The van der Waals surface area contributed by atoms with Crippen molar-refractivity contribution in [3.63, 3.8) is 0 Å². The SMILES string of the molecule is CCCC1C[C@](C)(OC(C)=O)CCO1. The maximum Gasteiger partial charge on any atom is 0.303 e. The molecule has 3 heteroatoms. The molecular weight excluding hydrogens is 180 g/mol. The second-order valence-corrected chi connectivity index (χ2v) is 4.28. The molecule has 1 aliphatic heterocycles. The Hall–Kier alpha value is -0.570. The molecule has 1 fully saturated rings. The van der Waals surface area contributed by atoms with E-state index in [1.165, 1.54) is 6.92 Å². The Labute approximate surface area is 85.8 Å². The van der Waals surface area contributed by atoms with E-state index in [-0.39, 0.29) is 17.7 Å². The zero-order valence-electron chi connectivity index (χ0n) is 9.34. The highest BCUT2D eigenvalue weighted by atomic mass is 16.6. The van der Waals surface area contributed by atoms with Gasteiger partial charge in [-0.15, -0.1) is 0 Å². The van der Waals surface area contributed by atoms with Crippen LogP contribution in [0.3, 0.4) is 0 Å². The first-order valence-electron chi connectivity index (χ1n) is 5.37. The summed E-state index contributed by atoms with van der Waals surface area (Å²) in [6.07, 6.45) is 4.07. The van der Waals surface area contributed by atoms with E-state index < -0.39 is 0 Å². The average Bonchev–Trinajstić information content (AvgIpc) is 2.01. The molecular formula is C11H20O3. The molecule has 2 atom stereocenters. The van der Waals surface area contributed by atoms with Crippen molar-refractivity contribution in [3.05, 3.63) is 0 Å². The number of ether oxygens (including phenoxy) is 2. The number of carbonyl (C=O) groups is 1. The van der Waals surface area contributed by atoms with Crippen LogP contribution in [0.2, 0.25) is 0 Å². The van der Waals surface area contributed by atoms with Crippen LogP contribution in [0.4, 0.5) is 0 Å². The number of carbonyl (C=O) groups excluding carboxylic acids is 1. The van der Waals surface area contributed by atoms with Gasteiger partial charge in [0, 0.05) is 19.8 Å². The fraction of sp³-hybridized carbons (Fsp3) is 0.909. The lowest BCUT2D eigenvalue weighted by Gasteiger charge is -2.37. The number of esters is 1. The summed E-state index contributed by atoms with van der Waals surface area (Å²) < 4.78 is 10.9. The largest absolute Gasteiger partial charge is 0.459 e. The molecule has 82 valence electrons. The quantitative estimate of drug-likeness (QED) is 0.656. The highest BCUT2D eigenvalue weighted by molar-refractivity contribution is 5.66. The van der Waals surface area contributed by atoms with Crippen LogP contribution in [0, 0.1) is 0 Å². The molecule has 3 nitrogen and oxygen atoms in total. The third-order valence-corrected chi connectivity index (χ3v) is 2.64. The average molecular weight is 200 g/mol. The van der Waals surface area contributed by atoms with Gasteiger partial charge in [0.1, 0.15) is 5.60 Å². The molecule has 0 radical (unpaired) electrons. The smallest absolute Gasteiger partial charge is 0.303 e. The minimum absolute atomic E-state index is 0.190. The predicted molar refractivity (Wildman–Crippen MR) is 54.1 cm³/mol. The maximum atomic E-state index is 10.9. The Kier molecular flexibility index (Phi) is 3.93. The molecule has 0 bridgehead atoms. The van der Waals surface area contributed by atoms with E-state index in [1.54, 1.807) is 0 Å². The molecule has 1 heterocycles. The molecule has 0 saturated carbocycles. The van der Waals surface area contributed by atoms with Crippen LogP contribution in [-0.2, 0) is 14.3 Å². The van der Waals surface area contributed by atoms with Crippen LogP contribution >= 0.6 is 0 Å². The zero-order chi connectivity index (χ0) is 10.6. The number of hydrogen-bond acceptors (Lipinski definition) is 3. The van der Waals surface area contributed by atoms with E-state index in [9.17, 15) is 4.79 Å². The summed E-state index contributed by atoms with van der Waals surface area (Å²) in [6, 6.07) is 0. The highest BCUT2D eigenvalue weighted by Gasteiger charge is 2.35. The van der Waals surface area contributed by atoms with Gasteiger partial charge < -0.3 is 9.47 Å². The molecule has 1 aliphatic rings. The van der Waals surface area contributed by atoms with Gasteiger partial charge in [0.25, 0.3) is 0 Å². The lowest BCUT2D eigenvalue weighted by molar-refractivity contribution is -0.170. The molecule has 0 N–H and O–H groups in total. The molecule has 1 rings (SSSR count). The second kappa shape index (κ2) is 4.78. The Morgan fingerprint density at radius 2 is 2.36 bits per heavy atom. The van der Waals surface area contributed by atoms with E-state index in [0.717, 1.165) is 25.7 Å². The van der Waals surface area contributed by atoms with Crippen molar-refractivity contribution in [2.75, 3.05) is 6.61 Å². The van der Waals surface area contributed by atoms with Gasteiger partial charge in [-0.05, 0) is 13.3 Å².